The molecule has 0 bridgehead atoms. The van der Waals surface area contributed by atoms with Crippen molar-refractivity contribution in [1.82, 2.24) is 14.9 Å². The van der Waals surface area contributed by atoms with Gasteiger partial charge in [0.15, 0.2) is 0 Å². The first-order valence-corrected chi connectivity index (χ1v) is 12.2. The lowest BCUT2D eigenvalue weighted by Crippen LogP contribution is -2.40. The summed E-state index contributed by atoms with van der Waals surface area (Å²) in [6, 6.07) is 5.77. The van der Waals surface area contributed by atoms with Crippen molar-refractivity contribution in [2.24, 2.45) is 5.92 Å². The maximum atomic E-state index is 13.4. The Kier molecular flexibility index (Phi) is 8.04. The van der Waals surface area contributed by atoms with Crippen LogP contribution in [0.25, 0.3) is 10.4 Å². The van der Waals surface area contributed by atoms with Gasteiger partial charge in [0.2, 0.25) is 5.91 Å². The van der Waals surface area contributed by atoms with Gasteiger partial charge in [0.1, 0.15) is 6.04 Å². The van der Waals surface area contributed by atoms with Crippen LogP contribution >= 0.6 is 11.3 Å². The molecule has 0 spiro atoms. The second-order valence-electron chi connectivity index (χ2n) is 9.14. The van der Waals surface area contributed by atoms with E-state index >= 15 is 0 Å². The predicted molar refractivity (Wildman–Crippen MR) is 134 cm³/mol. The van der Waals surface area contributed by atoms with E-state index in [-0.39, 0.29) is 23.8 Å². The highest BCUT2D eigenvalue weighted by Gasteiger charge is 2.27. The Morgan fingerprint density at radius 3 is 2.56 bits per heavy atom. The zero-order valence-corrected chi connectivity index (χ0v) is 21.0. The summed E-state index contributed by atoms with van der Waals surface area (Å²) >= 11 is 1.50. The van der Waals surface area contributed by atoms with Crippen LogP contribution < -0.4 is 10.9 Å². The molecule has 0 fully saturated rings. The minimum atomic E-state index is -1.01. The molecule has 34 heavy (non-hydrogen) atoms. The number of amides is 1. The minimum absolute atomic E-state index is 0.160. The number of hydrogen-bond donors (Lipinski definition) is 2. The fraction of sp³-hybridized carbons (Fsp3) is 0.385. The Labute approximate surface area is 203 Å². The van der Waals surface area contributed by atoms with E-state index in [4.69, 9.17) is 0 Å². The Morgan fingerprint density at radius 2 is 1.91 bits per heavy atom. The summed E-state index contributed by atoms with van der Waals surface area (Å²) in [5, 5.41) is 14.3. The lowest BCUT2D eigenvalue weighted by atomic mass is 10.00. The monoisotopic (exact) mass is 481 g/mol. The number of nitrogens with zero attached hydrogens (tertiary/aromatic N) is 2. The van der Waals surface area contributed by atoms with Gasteiger partial charge in [-0.15, -0.1) is 11.3 Å². The summed E-state index contributed by atoms with van der Waals surface area (Å²) in [5.41, 5.74) is 4.25. The SMILES string of the molecule is Cc1ccn([C@@H](CC(C)C)C(=O)N[C@H](CC(=O)O)c2csc(-c3cc(C)ncc3C)c2)c(=O)c1. The van der Waals surface area contributed by atoms with Crippen molar-refractivity contribution < 1.29 is 14.7 Å². The summed E-state index contributed by atoms with van der Waals surface area (Å²) in [6.45, 7) is 9.70. The zero-order valence-electron chi connectivity index (χ0n) is 20.2. The molecule has 3 heterocycles. The van der Waals surface area contributed by atoms with Crippen molar-refractivity contribution >= 4 is 23.2 Å². The van der Waals surface area contributed by atoms with Crippen molar-refractivity contribution in [2.75, 3.05) is 0 Å². The molecule has 0 aliphatic rings. The molecule has 8 heteroatoms. The number of carboxylic acids is 1. The Bertz CT molecular complexity index is 1240. The van der Waals surface area contributed by atoms with Crippen LogP contribution in [0.2, 0.25) is 0 Å². The first-order chi connectivity index (χ1) is 16.0. The van der Waals surface area contributed by atoms with E-state index < -0.39 is 18.1 Å². The molecule has 3 aromatic rings. The summed E-state index contributed by atoms with van der Waals surface area (Å²) in [4.78, 5) is 42.9. The first-order valence-electron chi connectivity index (χ1n) is 11.3. The highest BCUT2D eigenvalue weighted by atomic mass is 32.1. The summed E-state index contributed by atoms with van der Waals surface area (Å²) in [7, 11) is 0. The van der Waals surface area contributed by atoms with E-state index in [1.54, 1.807) is 12.3 Å². The molecule has 180 valence electrons. The number of thiophene rings is 1. The largest absolute Gasteiger partial charge is 0.481 e. The number of aryl methyl sites for hydroxylation is 3. The highest BCUT2D eigenvalue weighted by molar-refractivity contribution is 7.13. The fourth-order valence-electron chi connectivity index (χ4n) is 3.90. The molecule has 2 atom stereocenters. The van der Waals surface area contributed by atoms with Crippen molar-refractivity contribution in [2.45, 2.75) is 59.5 Å². The van der Waals surface area contributed by atoms with Crippen LogP contribution in [0, 0.1) is 26.7 Å². The molecule has 2 N–H and O–H groups in total. The van der Waals surface area contributed by atoms with Crippen LogP contribution in [-0.4, -0.2) is 26.5 Å². The lowest BCUT2D eigenvalue weighted by molar-refractivity contribution is -0.138. The van der Waals surface area contributed by atoms with Gasteiger partial charge in [-0.1, -0.05) is 13.8 Å². The third-order valence-electron chi connectivity index (χ3n) is 5.66. The van der Waals surface area contributed by atoms with Crippen LogP contribution in [0.15, 0.2) is 46.8 Å². The third kappa shape index (κ3) is 6.20. The lowest BCUT2D eigenvalue weighted by Gasteiger charge is -2.24. The predicted octanol–water partition coefficient (Wildman–Crippen LogP) is 4.82. The number of carbonyl (C=O) groups is 2. The van der Waals surface area contributed by atoms with Gasteiger partial charge in [0.05, 0.1) is 12.5 Å². The van der Waals surface area contributed by atoms with Crippen LogP contribution in [0.5, 0.6) is 0 Å². The van der Waals surface area contributed by atoms with Crippen LogP contribution in [-0.2, 0) is 9.59 Å². The van der Waals surface area contributed by atoms with Gasteiger partial charge in [0, 0.05) is 29.0 Å². The van der Waals surface area contributed by atoms with E-state index in [1.807, 2.05) is 58.3 Å². The molecule has 0 aromatic carbocycles. The molecule has 1 amide bonds. The number of rotatable bonds is 9. The maximum Gasteiger partial charge on any atom is 0.305 e. The van der Waals surface area contributed by atoms with E-state index in [0.29, 0.717) is 6.42 Å². The zero-order chi connectivity index (χ0) is 25.0. The summed E-state index contributed by atoms with van der Waals surface area (Å²) in [6.07, 6.45) is 3.65. The van der Waals surface area contributed by atoms with Crippen molar-refractivity contribution in [3.05, 3.63) is 74.8 Å². The van der Waals surface area contributed by atoms with Gasteiger partial charge in [-0.05, 0) is 78.9 Å². The Morgan fingerprint density at radius 1 is 1.18 bits per heavy atom. The molecular weight excluding hydrogens is 450 g/mol. The van der Waals surface area contributed by atoms with Gasteiger partial charge in [0.25, 0.3) is 5.56 Å². The van der Waals surface area contributed by atoms with Gasteiger partial charge in [-0.3, -0.25) is 19.4 Å². The van der Waals surface area contributed by atoms with Gasteiger partial charge >= 0.3 is 5.97 Å². The average Bonchev–Trinajstić information content (AvgIpc) is 3.23. The number of carboxylic acid groups (broad SMARTS) is 1. The number of nitrogens with one attached hydrogen (secondary N) is 1. The normalized spacial score (nSPS) is 13.0. The van der Waals surface area contributed by atoms with Gasteiger partial charge in [-0.2, -0.15) is 0 Å². The van der Waals surface area contributed by atoms with Crippen LogP contribution in [0.1, 0.15) is 61.2 Å². The molecular formula is C26H31N3O4S. The quantitative estimate of drug-likeness (QED) is 0.456. The van der Waals surface area contributed by atoms with E-state index in [2.05, 4.69) is 10.3 Å². The average molecular weight is 482 g/mol. The van der Waals surface area contributed by atoms with Crippen LogP contribution in [0.3, 0.4) is 0 Å². The van der Waals surface area contributed by atoms with E-state index in [9.17, 15) is 19.5 Å². The topological polar surface area (TPSA) is 101 Å². The molecule has 0 saturated carbocycles. The first kappa shape index (κ1) is 25.4. The third-order valence-corrected chi connectivity index (χ3v) is 6.64. The second kappa shape index (κ2) is 10.8. The van der Waals surface area contributed by atoms with E-state index in [0.717, 1.165) is 32.8 Å². The maximum absolute atomic E-state index is 13.4. The number of carbonyl (C=O) groups excluding carboxylic acids is 1. The number of aliphatic carboxylic acids is 1. The van der Waals surface area contributed by atoms with Gasteiger partial charge in [-0.25, -0.2) is 0 Å². The Balaban J connectivity index is 1.93. The van der Waals surface area contributed by atoms with E-state index in [1.165, 1.54) is 22.0 Å². The summed E-state index contributed by atoms with van der Waals surface area (Å²) in [5.74, 6) is -1.22. The minimum Gasteiger partial charge on any atom is -0.481 e. The van der Waals surface area contributed by atoms with Gasteiger partial charge < -0.3 is 15.0 Å². The molecule has 0 saturated heterocycles. The van der Waals surface area contributed by atoms with Crippen molar-refractivity contribution in [3.63, 3.8) is 0 Å². The molecule has 0 radical (unpaired) electrons. The fourth-order valence-corrected chi connectivity index (χ4v) is 4.95. The summed E-state index contributed by atoms with van der Waals surface area (Å²) < 4.78 is 1.43. The molecule has 0 aliphatic heterocycles. The van der Waals surface area contributed by atoms with Crippen LogP contribution in [0.4, 0.5) is 0 Å². The smallest absolute Gasteiger partial charge is 0.305 e. The Hall–Kier alpha value is -3.26. The molecule has 7 nitrogen and oxygen atoms in total. The standard InChI is InChI=1S/C26H31N3O4S/c1-15(2)8-22(29-7-6-16(3)9-24(29)30)26(33)28-21(12-25(31)32)19-11-23(34-14-19)20-10-18(5)27-13-17(20)4/h6-7,9-11,13-15,21-22H,8,12H2,1-5H3,(H,28,33)(H,31,32)/t21-,22+/m1/s1. The van der Waals surface area contributed by atoms with Crippen molar-refractivity contribution in [3.8, 4) is 10.4 Å². The molecule has 3 rings (SSSR count). The molecule has 0 aliphatic carbocycles. The number of pyridine rings is 2. The molecule has 0 unspecified atom stereocenters. The number of aromatic nitrogens is 2. The highest BCUT2D eigenvalue weighted by Crippen LogP contribution is 2.33. The molecule has 3 aromatic heterocycles. The van der Waals surface area contributed by atoms with Crippen molar-refractivity contribution in [1.29, 1.82) is 0 Å². The number of hydrogen-bond acceptors (Lipinski definition) is 5. The second-order valence-corrected chi connectivity index (χ2v) is 10.1.